The minimum absolute atomic E-state index is 0.0229. The maximum absolute atomic E-state index is 11.2. The van der Waals surface area contributed by atoms with Crippen LogP contribution >= 0.6 is 8.38 Å². The molecule has 80 valence electrons. The normalized spacial score (nSPS) is 26.5. The van der Waals surface area contributed by atoms with Gasteiger partial charge in [-0.1, -0.05) is 0 Å². The zero-order valence-corrected chi connectivity index (χ0v) is 8.95. The Balaban J connectivity index is 2.70. The zero-order chi connectivity index (χ0) is 10.9. The smallest absolute Gasteiger partial charge is 0.319 e. The molecule has 0 aromatic carbocycles. The zero-order valence-electron chi connectivity index (χ0n) is 8.06. The van der Waals surface area contributed by atoms with Gasteiger partial charge < -0.3 is 14.5 Å². The molecule has 0 aromatic heterocycles. The molecule has 1 heterocycles. The van der Waals surface area contributed by atoms with Gasteiger partial charge in [0.25, 0.3) is 0 Å². The second-order valence-electron chi connectivity index (χ2n) is 4.05. The molecule has 5 nitrogen and oxygen atoms in total. The first-order valence-electron chi connectivity index (χ1n) is 4.24. The molecule has 1 unspecified atom stereocenters. The van der Waals surface area contributed by atoms with E-state index >= 15 is 0 Å². The second-order valence-corrected chi connectivity index (χ2v) is 5.16. The molecule has 1 aliphatic heterocycles. The second kappa shape index (κ2) is 3.93. The molecule has 2 N–H and O–H groups in total. The monoisotopic (exact) mass is 220 g/mol. The summed E-state index contributed by atoms with van der Waals surface area (Å²) in [6.45, 7) is 3.34. The van der Waals surface area contributed by atoms with Crippen LogP contribution in [-0.4, -0.2) is 27.9 Å². The van der Waals surface area contributed by atoms with E-state index in [4.69, 9.17) is 9.79 Å². The van der Waals surface area contributed by atoms with Crippen molar-refractivity contribution in [2.45, 2.75) is 20.3 Å². The Bertz CT molecular complexity index is 260. The van der Waals surface area contributed by atoms with Gasteiger partial charge in [0.05, 0.1) is 11.3 Å². The Kier molecular flexibility index (Phi) is 3.24. The van der Waals surface area contributed by atoms with Crippen LogP contribution in [0.1, 0.15) is 20.3 Å². The fourth-order valence-electron chi connectivity index (χ4n) is 1.43. The summed E-state index contributed by atoms with van der Waals surface area (Å²) in [6.07, 6.45) is 0.287. The van der Waals surface area contributed by atoms with Crippen molar-refractivity contribution in [3.05, 3.63) is 0 Å². The van der Waals surface area contributed by atoms with Gasteiger partial charge in [-0.15, -0.1) is 0 Å². The lowest BCUT2D eigenvalue weighted by atomic mass is 9.81. The summed E-state index contributed by atoms with van der Waals surface area (Å²) in [5, 5.41) is 0. The molecule has 0 amide bonds. The first-order valence-corrected chi connectivity index (χ1v) is 5.67. The third-order valence-electron chi connectivity index (χ3n) is 2.22. The van der Waals surface area contributed by atoms with Crippen LogP contribution in [0.4, 0.5) is 0 Å². The molecule has 0 aromatic rings. The first-order chi connectivity index (χ1) is 6.33. The predicted octanol–water partition coefficient (Wildman–Crippen LogP) is 0.399. The summed E-state index contributed by atoms with van der Waals surface area (Å²) in [5.41, 5.74) is -0.718. The van der Waals surface area contributed by atoms with Crippen molar-refractivity contribution in [1.82, 2.24) is 0 Å². The van der Waals surface area contributed by atoms with Crippen LogP contribution in [0.3, 0.4) is 0 Å². The third-order valence-corrected chi connectivity index (χ3v) is 2.99. The summed E-state index contributed by atoms with van der Waals surface area (Å²) in [7, 11) is -2.12. The topological polar surface area (TPSA) is 83.8 Å². The number of ether oxygens (including phenoxy) is 1. The van der Waals surface area contributed by atoms with Crippen molar-refractivity contribution in [3.8, 4) is 0 Å². The molecule has 1 rings (SSSR count). The van der Waals surface area contributed by atoms with Crippen LogP contribution in [0, 0.1) is 11.3 Å². The van der Waals surface area contributed by atoms with Crippen molar-refractivity contribution >= 4 is 20.3 Å². The number of hydrogen-bond acceptors (Lipinski definition) is 5. The van der Waals surface area contributed by atoms with Gasteiger partial charge in [0, 0.05) is 6.16 Å². The van der Waals surface area contributed by atoms with Crippen molar-refractivity contribution < 1.29 is 24.1 Å². The molecule has 1 aliphatic rings. The van der Waals surface area contributed by atoms with E-state index in [1.165, 1.54) is 0 Å². The van der Waals surface area contributed by atoms with Crippen molar-refractivity contribution in [2.24, 2.45) is 11.3 Å². The maximum Gasteiger partial charge on any atom is 0.319 e. The molecular formula is C8H13O5P. The number of carbonyl (C=O) groups excluding carboxylic acids is 2. The van der Waals surface area contributed by atoms with Gasteiger partial charge in [-0.2, -0.15) is 0 Å². The van der Waals surface area contributed by atoms with E-state index in [2.05, 4.69) is 4.74 Å². The van der Waals surface area contributed by atoms with Crippen molar-refractivity contribution in [3.63, 3.8) is 0 Å². The van der Waals surface area contributed by atoms with E-state index in [1.54, 1.807) is 13.8 Å². The Labute approximate surface area is 83.0 Å². The molecule has 6 heteroatoms. The third kappa shape index (κ3) is 2.50. The van der Waals surface area contributed by atoms with Gasteiger partial charge in [-0.3, -0.25) is 9.59 Å². The number of cyclic esters (lactones) is 2. The summed E-state index contributed by atoms with van der Waals surface area (Å²) in [4.78, 5) is 39.9. The largest absolute Gasteiger partial charge is 0.393 e. The molecule has 0 saturated carbocycles. The fourth-order valence-corrected chi connectivity index (χ4v) is 2.10. The quantitative estimate of drug-likeness (QED) is 0.399. The number of rotatable bonds is 2. The minimum Gasteiger partial charge on any atom is -0.393 e. The SMILES string of the molecule is CC1(C)CC(CP(O)O)C(=O)OC1=O. The highest BCUT2D eigenvalue weighted by Crippen LogP contribution is 2.38. The number of carbonyl (C=O) groups is 2. The van der Waals surface area contributed by atoms with Gasteiger partial charge in [-0.05, 0) is 20.3 Å². The Hall–Kier alpha value is -0.510. The molecule has 0 radical (unpaired) electrons. The van der Waals surface area contributed by atoms with Gasteiger partial charge in [0.1, 0.15) is 0 Å². The molecule has 0 bridgehead atoms. The fraction of sp³-hybridized carbons (Fsp3) is 0.750. The summed E-state index contributed by atoms with van der Waals surface area (Å²) >= 11 is 0. The minimum atomic E-state index is -2.12. The van der Waals surface area contributed by atoms with Gasteiger partial charge in [0.15, 0.2) is 8.38 Å². The maximum atomic E-state index is 11.2. The van der Waals surface area contributed by atoms with Gasteiger partial charge in [-0.25, -0.2) is 0 Å². The van der Waals surface area contributed by atoms with Crippen LogP contribution < -0.4 is 0 Å². The van der Waals surface area contributed by atoms with E-state index in [-0.39, 0.29) is 6.16 Å². The average molecular weight is 220 g/mol. The number of hydrogen-bond donors (Lipinski definition) is 2. The molecule has 0 spiro atoms. The average Bonchev–Trinajstić information content (AvgIpc) is 1.99. The standard InChI is InChI=1S/C8H13O5P/c1-8(2)3-5(4-14(11)12)6(9)13-7(8)10/h5,11-12H,3-4H2,1-2H3. The van der Waals surface area contributed by atoms with Crippen LogP contribution in [0.2, 0.25) is 0 Å². The lowest BCUT2D eigenvalue weighted by Gasteiger charge is -2.31. The first kappa shape index (κ1) is 11.6. The lowest BCUT2D eigenvalue weighted by molar-refractivity contribution is -0.176. The van der Waals surface area contributed by atoms with Gasteiger partial charge in [0.2, 0.25) is 0 Å². The van der Waals surface area contributed by atoms with Crippen LogP contribution in [0.15, 0.2) is 0 Å². The van der Waals surface area contributed by atoms with E-state index < -0.39 is 31.6 Å². The predicted molar refractivity (Wildman–Crippen MR) is 49.2 cm³/mol. The number of esters is 2. The van der Waals surface area contributed by atoms with Crippen LogP contribution in [-0.2, 0) is 14.3 Å². The van der Waals surface area contributed by atoms with Crippen LogP contribution in [0.25, 0.3) is 0 Å². The molecule has 14 heavy (non-hydrogen) atoms. The molecule has 1 atom stereocenters. The summed E-state index contributed by atoms with van der Waals surface area (Å²) in [6, 6.07) is 0. The summed E-state index contributed by atoms with van der Waals surface area (Å²) < 4.78 is 4.53. The van der Waals surface area contributed by atoms with E-state index in [9.17, 15) is 9.59 Å². The molecule has 1 fully saturated rings. The molecule has 1 saturated heterocycles. The van der Waals surface area contributed by atoms with Gasteiger partial charge >= 0.3 is 11.9 Å². The Morgan fingerprint density at radius 2 is 2.07 bits per heavy atom. The molecular weight excluding hydrogens is 207 g/mol. The van der Waals surface area contributed by atoms with Crippen LogP contribution in [0.5, 0.6) is 0 Å². The highest BCUT2D eigenvalue weighted by atomic mass is 31.2. The summed E-state index contributed by atoms with van der Waals surface area (Å²) in [5.74, 6) is -1.77. The lowest BCUT2D eigenvalue weighted by Crippen LogP contribution is -2.41. The highest BCUT2D eigenvalue weighted by molar-refractivity contribution is 7.45. The molecule has 0 aliphatic carbocycles. The van der Waals surface area contributed by atoms with E-state index in [0.717, 1.165) is 0 Å². The van der Waals surface area contributed by atoms with Crippen molar-refractivity contribution in [2.75, 3.05) is 6.16 Å². The van der Waals surface area contributed by atoms with E-state index in [1.807, 2.05) is 0 Å². The Morgan fingerprint density at radius 3 is 2.57 bits per heavy atom. The van der Waals surface area contributed by atoms with E-state index in [0.29, 0.717) is 6.42 Å². The van der Waals surface area contributed by atoms with Crippen molar-refractivity contribution in [1.29, 1.82) is 0 Å². The highest BCUT2D eigenvalue weighted by Gasteiger charge is 2.43. The Morgan fingerprint density at radius 1 is 1.50 bits per heavy atom.